The summed E-state index contributed by atoms with van der Waals surface area (Å²) in [6.45, 7) is 0.112. The summed E-state index contributed by atoms with van der Waals surface area (Å²) in [7, 11) is 0. The summed E-state index contributed by atoms with van der Waals surface area (Å²) in [5.41, 5.74) is -2.07. The van der Waals surface area contributed by atoms with Gasteiger partial charge in [-0.25, -0.2) is 4.39 Å². The SMILES string of the molecule is O=C(NCC(Cl)C1CC1)c1cccc(C(F)(F)F)c1F. The van der Waals surface area contributed by atoms with Gasteiger partial charge < -0.3 is 5.32 Å². The molecule has 0 aliphatic heterocycles. The van der Waals surface area contributed by atoms with Gasteiger partial charge in [-0.05, 0) is 30.9 Å². The molecule has 1 unspecified atom stereocenters. The van der Waals surface area contributed by atoms with Gasteiger partial charge in [0.25, 0.3) is 5.91 Å². The van der Waals surface area contributed by atoms with Gasteiger partial charge >= 0.3 is 6.18 Å². The van der Waals surface area contributed by atoms with Crippen LogP contribution in [0.25, 0.3) is 0 Å². The molecule has 1 aromatic rings. The zero-order valence-electron chi connectivity index (χ0n) is 10.3. The first-order valence-corrected chi connectivity index (χ1v) is 6.52. The zero-order chi connectivity index (χ0) is 14.9. The van der Waals surface area contributed by atoms with Crippen LogP contribution in [0.1, 0.15) is 28.8 Å². The number of rotatable bonds is 4. The molecule has 0 spiro atoms. The Labute approximate surface area is 118 Å². The van der Waals surface area contributed by atoms with E-state index in [1.807, 2.05) is 0 Å². The van der Waals surface area contributed by atoms with E-state index in [0.29, 0.717) is 12.0 Å². The van der Waals surface area contributed by atoms with Crippen LogP contribution in [0.5, 0.6) is 0 Å². The molecule has 0 aromatic heterocycles. The van der Waals surface area contributed by atoms with Crippen molar-refractivity contribution in [1.29, 1.82) is 0 Å². The van der Waals surface area contributed by atoms with Crippen LogP contribution in [-0.2, 0) is 6.18 Å². The standard InChI is InChI=1S/C13H12ClF4NO/c14-10(7-4-5-7)6-19-12(20)8-2-1-3-9(11(8)15)13(16,17)18/h1-3,7,10H,4-6H2,(H,19,20). The number of hydrogen-bond acceptors (Lipinski definition) is 1. The van der Waals surface area contributed by atoms with Crippen LogP contribution in [-0.4, -0.2) is 17.8 Å². The molecule has 0 heterocycles. The van der Waals surface area contributed by atoms with Crippen molar-refractivity contribution in [3.63, 3.8) is 0 Å². The number of amides is 1. The van der Waals surface area contributed by atoms with E-state index >= 15 is 0 Å². The van der Waals surface area contributed by atoms with E-state index < -0.39 is 29.0 Å². The molecular formula is C13H12ClF4NO. The number of carbonyl (C=O) groups excluding carboxylic acids is 1. The van der Waals surface area contributed by atoms with E-state index in [-0.39, 0.29) is 11.9 Å². The lowest BCUT2D eigenvalue weighted by Crippen LogP contribution is -2.31. The number of hydrogen-bond donors (Lipinski definition) is 1. The van der Waals surface area contributed by atoms with E-state index in [9.17, 15) is 22.4 Å². The van der Waals surface area contributed by atoms with Gasteiger partial charge in [0.2, 0.25) is 0 Å². The van der Waals surface area contributed by atoms with Gasteiger partial charge in [-0.1, -0.05) is 6.07 Å². The molecular weight excluding hydrogens is 298 g/mol. The molecule has 7 heteroatoms. The lowest BCUT2D eigenvalue weighted by atomic mass is 10.1. The summed E-state index contributed by atoms with van der Waals surface area (Å²) in [6, 6.07) is 2.61. The molecule has 2 nitrogen and oxygen atoms in total. The van der Waals surface area contributed by atoms with Crippen molar-refractivity contribution in [3.05, 3.63) is 35.1 Å². The number of carbonyl (C=O) groups is 1. The molecule has 110 valence electrons. The highest BCUT2D eigenvalue weighted by Crippen LogP contribution is 2.35. The summed E-state index contributed by atoms with van der Waals surface area (Å²) in [5.74, 6) is -2.13. The first kappa shape index (κ1) is 15.1. The number of halogens is 5. The zero-order valence-corrected chi connectivity index (χ0v) is 11.1. The Morgan fingerprint density at radius 3 is 2.60 bits per heavy atom. The van der Waals surface area contributed by atoms with Crippen LogP contribution in [0, 0.1) is 11.7 Å². The molecule has 1 aliphatic carbocycles. The van der Waals surface area contributed by atoms with E-state index in [2.05, 4.69) is 5.32 Å². The number of alkyl halides is 4. The first-order valence-electron chi connectivity index (χ1n) is 6.08. The van der Waals surface area contributed by atoms with E-state index in [1.165, 1.54) is 0 Å². The average molecular weight is 310 g/mol. The third-order valence-electron chi connectivity index (χ3n) is 3.14. The van der Waals surface area contributed by atoms with Crippen LogP contribution in [0.4, 0.5) is 17.6 Å². The fourth-order valence-electron chi connectivity index (χ4n) is 1.84. The van der Waals surface area contributed by atoms with Gasteiger partial charge in [-0.2, -0.15) is 13.2 Å². The first-order chi connectivity index (χ1) is 9.30. The number of benzene rings is 1. The van der Waals surface area contributed by atoms with Gasteiger partial charge in [-0.15, -0.1) is 11.6 Å². The van der Waals surface area contributed by atoms with Crippen molar-refractivity contribution in [3.8, 4) is 0 Å². The van der Waals surface area contributed by atoms with Crippen LogP contribution in [0.2, 0.25) is 0 Å². The minimum atomic E-state index is -4.83. The second-order valence-corrected chi connectivity index (χ2v) is 5.29. The smallest absolute Gasteiger partial charge is 0.350 e. The fourth-order valence-corrected chi connectivity index (χ4v) is 2.17. The Kier molecular flexibility index (Phi) is 4.22. The summed E-state index contributed by atoms with van der Waals surface area (Å²) in [4.78, 5) is 11.7. The molecule has 1 amide bonds. The maximum Gasteiger partial charge on any atom is 0.419 e. The second-order valence-electron chi connectivity index (χ2n) is 4.73. The topological polar surface area (TPSA) is 29.1 Å². The highest BCUT2D eigenvalue weighted by atomic mass is 35.5. The Morgan fingerprint density at radius 2 is 2.05 bits per heavy atom. The maximum atomic E-state index is 13.7. The minimum Gasteiger partial charge on any atom is -0.350 e. The molecule has 1 N–H and O–H groups in total. The summed E-state index contributed by atoms with van der Waals surface area (Å²) >= 11 is 5.96. The number of nitrogens with one attached hydrogen (secondary N) is 1. The third kappa shape index (κ3) is 3.42. The molecule has 0 saturated heterocycles. The highest BCUT2D eigenvalue weighted by Gasteiger charge is 2.36. The van der Waals surface area contributed by atoms with Crippen molar-refractivity contribution >= 4 is 17.5 Å². The Bertz CT molecular complexity index is 514. The van der Waals surface area contributed by atoms with E-state index in [1.54, 1.807) is 0 Å². The van der Waals surface area contributed by atoms with E-state index in [4.69, 9.17) is 11.6 Å². The molecule has 2 rings (SSSR count). The van der Waals surface area contributed by atoms with Crippen LogP contribution in [0.3, 0.4) is 0 Å². The largest absolute Gasteiger partial charge is 0.419 e. The molecule has 1 atom stereocenters. The molecule has 1 fully saturated rings. The third-order valence-corrected chi connectivity index (χ3v) is 3.65. The van der Waals surface area contributed by atoms with Crippen molar-refractivity contribution in [1.82, 2.24) is 5.32 Å². The Hall–Kier alpha value is -1.30. The Morgan fingerprint density at radius 1 is 1.40 bits per heavy atom. The highest BCUT2D eigenvalue weighted by molar-refractivity contribution is 6.21. The molecule has 1 aromatic carbocycles. The van der Waals surface area contributed by atoms with Gasteiger partial charge in [0.1, 0.15) is 5.82 Å². The van der Waals surface area contributed by atoms with Crippen LogP contribution in [0.15, 0.2) is 18.2 Å². The average Bonchev–Trinajstić information content (AvgIpc) is 3.18. The predicted octanol–water partition coefficient (Wildman–Crippen LogP) is 3.59. The van der Waals surface area contributed by atoms with Crippen molar-refractivity contribution in [2.45, 2.75) is 24.4 Å². The van der Waals surface area contributed by atoms with Gasteiger partial charge in [-0.3, -0.25) is 4.79 Å². The minimum absolute atomic E-state index is 0.112. The van der Waals surface area contributed by atoms with Crippen molar-refractivity contribution in [2.75, 3.05) is 6.54 Å². The fraction of sp³-hybridized carbons (Fsp3) is 0.462. The normalized spacial score (nSPS) is 16.9. The lowest BCUT2D eigenvalue weighted by Gasteiger charge is -2.13. The van der Waals surface area contributed by atoms with Gasteiger partial charge in [0.05, 0.1) is 16.5 Å². The van der Waals surface area contributed by atoms with Crippen molar-refractivity contribution in [2.24, 2.45) is 5.92 Å². The molecule has 0 bridgehead atoms. The lowest BCUT2D eigenvalue weighted by molar-refractivity contribution is -0.140. The monoisotopic (exact) mass is 309 g/mol. The molecule has 1 saturated carbocycles. The van der Waals surface area contributed by atoms with Crippen molar-refractivity contribution < 1.29 is 22.4 Å². The maximum absolute atomic E-state index is 13.7. The van der Waals surface area contributed by atoms with Gasteiger partial charge in [0, 0.05) is 6.54 Å². The van der Waals surface area contributed by atoms with Crippen LogP contribution < -0.4 is 5.32 Å². The molecule has 0 radical (unpaired) electrons. The van der Waals surface area contributed by atoms with Crippen LogP contribution >= 0.6 is 11.6 Å². The molecule has 1 aliphatic rings. The molecule has 20 heavy (non-hydrogen) atoms. The second kappa shape index (κ2) is 5.60. The van der Waals surface area contributed by atoms with E-state index in [0.717, 1.165) is 25.0 Å². The Balaban J connectivity index is 2.09. The summed E-state index contributed by atoms with van der Waals surface area (Å²) in [6.07, 6.45) is -2.88. The predicted molar refractivity (Wildman–Crippen MR) is 66.1 cm³/mol. The summed E-state index contributed by atoms with van der Waals surface area (Å²) < 4.78 is 51.3. The quantitative estimate of drug-likeness (QED) is 0.668. The summed E-state index contributed by atoms with van der Waals surface area (Å²) in [5, 5.41) is 2.09. The van der Waals surface area contributed by atoms with Gasteiger partial charge in [0.15, 0.2) is 0 Å².